The van der Waals surface area contributed by atoms with E-state index in [2.05, 4.69) is 0 Å². The van der Waals surface area contributed by atoms with Gasteiger partial charge in [-0.25, -0.2) is 0 Å². The van der Waals surface area contributed by atoms with E-state index >= 15 is 0 Å². The van der Waals surface area contributed by atoms with Crippen molar-refractivity contribution in [1.82, 2.24) is 0 Å². The Balaban J connectivity index is 2.33. The molecule has 0 radical (unpaired) electrons. The summed E-state index contributed by atoms with van der Waals surface area (Å²) in [6.07, 6.45) is 0.829. The predicted molar refractivity (Wildman–Crippen MR) is 52.8 cm³/mol. The van der Waals surface area contributed by atoms with Crippen molar-refractivity contribution < 1.29 is 14.6 Å². The number of fused-ring (bicyclic) bond motifs is 1. The van der Waals surface area contributed by atoms with Gasteiger partial charge in [0, 0.05) is 18.1 Å². The molecule has 2 rings (SSSR count). The van der Waals surface area contributed by atoms with Crippen molar-refractivity contribution in [3.63, 3.8) is 0 Å². The molecule has 0 saturated carbocycles. The largest absolute Gasteiger partial charge is 0.496 e. The Morgan fingerprint density at radius 3 is 3.14 bits per heavy atom. The number of methoxy groups -OCH3 is 1. The fraction of sp³-hybridized carbons (Fsp3) is 0.455. The van der Waals surface area contributed by atoms with Gasteiger partial charge in [0.05, 0.1) is 13.7 Å². The Bertz CT molecular complexity index is 308. The van der Waals surface area contributed by atoms with Gasteiger partial charge in [-0.2, -0.15) is 0 Å². The van der Waals surface area contributed by atoms with Crippen LogP contribution in [0.2, 0.25) is 0 Å². The van der Waals surface area contributed by atoms with Gasteiger partial charge in [-0.15, -0.1) is 0 Å². The average Bonchev–Trinajstić information content (AvgIpc) is 2.27. The van der Waals surface area contributed by atoms with E-state index in [-0.39, 0.29) is 12.5 Å². The van der Waals surface area contributed by atoms with Crippen molar-refractivity contribution in [3.8, 4) is 11.5 Å². The molecule has 1 heterocycles. The minimum atomic E-state index is 0.164. The third kappa shape index (κ3) is 1.55. The van der Waals surface area contributed by atoms with Crippen LogP contribution in [-0.4, -0.2) is 25.4 Å². The van der Waals surface area contributed by atoms with Crippen molar-refractivity contribution in [2.45, 2.75) is 6.42 Å². The summed E-state index contributed by atoms with van der Waals surface area (Å²) in [5.41, 5.74) is 1.07. The summed E-state index contributed by atoms with van der Waals surface area (Å²) in [6, 6.07) is 5.77. The molecule has 0 aromatic heterocycles. The average molecular weight is 194 g/mol. The quantitative estimate of drug-likeness (QED) is 0.769. The van der Waals surface area contributed by atoms with E-state index in [1.807, 2.05) is 18.2 Å². The van der Waals surface area contributed by atoms with Crippen LogP contribution in [0.4, 0.5) is 0 Å². The van der Waals surface area contributed by atoms with Crippen molar-refractivity contribution in [1.29, 1.82) is 0 Å². The van der Waals surface area contributed by atoms with Crippen molar-refractivity contribution in [3.05, 3.63) is 23.8 Å². The molecule has 0 saturated heterocycles. The normalized spacial score (nSPS) is 19.7. The van der Waals surface area contributed by atoms with Gasteiger partial charge >= 0.3 is 0 Å². The van der Waals surface area contributed by atoms with E-state index < -0.39 is 0 Å². The number of rotatable bonds is 2. The van der Waals surface area contributed by atoms with Gasteiger partial charge in [0.25, 0.3) is 0 Å². The highest BCUT2D eigenvalue weighted by molar-refractivity contribution is 5.46. The topological polar surface area (TPSA) is 38.7 Å². The monoisotopic (exact) mass is 194 g/mol. The zero-order chi connectivity index (χ0) is 9.97. The van der Waals surface area contributed by atoms with Crippen LogP contribution in [0.5, 0.6) is 11.5 Å². The van der Waals surface area contributed by atoms with Crippen LogP contribution in [0.15, 0.2) is 18.2 Å². The van der Waals surface area contributed by atoms with Crippen LogP contribution in [-0.2, 0) is 6.42 Å². The molecular formula is C11H14O3. The van der Waals surface area contributed by atoms with Crippen molar-refractivity contribution >= 4 is 0 Å². The van der Waals surface area contributed by atoms with Gasteiger partial charge in [0.2, 0.25) is 0 Å². The molecule has 0 spiro atoms. The summed E-state index contributed by atoms with van der Waals surface area (Å²) in [4.78, 5) is 0. The Kier molecular flexibility index (Phi) is 2.59. The van der Waals surface area contributed by atoms with E-state index in [0.29, 0.717) is 6.61 Å². The highest BCUT2D eigenvalue weighted by Crippen LogP contribution is 2.34. The SMILES string of the molecule is COc1cccc2c1CC(CO)CO2. The first kappa shape index (κ1) is 9.34. The number of aliphatic hydroxyl groups is 1. The summed E-state index contributed by atoms with van der Waals surface area (Å²) in [7, 11) is 1.65. The summed E-state index contributed by atoms with van der Waals surface area (Å²) >= 11 is 0. The second-order valence-corrected chi connectivity index (χ2v) is 3.50. The van der Waals surface area contributed by atoms with E-state index in [0.717, 1.165) is 23.5 Å². The molecule has 0 fully saturated rings. The zero-order valence-corrected chi connectivity index (χ0v) is 8.19. The molecule has 1 aromatic rings. The van der Waals surface area contributed by atoms with E-state index in [1.54, 1.807) is 7.11 Å². The lowest BCUT2D eigenvalue weighted by Crippen LogP contribution is -2.24. The highest BCUT2D eigenvalue weighted by Gasteiger charge is 2.21. The van der Waals surface area contributed by atoms with Crippen LogP contribution in [0.1, 0.15) is 5.56 Å². The van der Waals surface area contributed by atoms with Crippen LogP contribution in [0.3, 0.4) is 0 Å². The molecule has 76 valence electrons. The van der Waals surface area contributed by atoms with Crippen molar-refractivity contribution in [2.24, 2.45) is 5.92 Å². The molecule has 3 heteroatoms. The standard InChI is InChI=1S/C11H14O3/c1-13-10-3-2-4-11-9(10)5-8(6-12)7-14-11/h2-4,8,12H,5-7H2,1H3. The van der Waals surface area contributed by atoms with E-state index in [4.69, 9.17) is 14.6 Å². The molecule has 0 amide bonds. The summed E-state index contributed by atoms with van der Waals surface area (Å²) in [5.74, 6) is 1.92. The molecule has 1 aliphatic rings. The Labute approximate surface area is 83.3 Å². The summed E-state index contributed by atoms with van der Waals surface area (Å²) in [6.45, 7) is 0.758. The number of ether oxygens (including phenoxy) is 2. The lowest BCUT2D eigenvalue weighted by atomic mass is 9.97. The molecule has 1 aliphatic heterocycles. The molecule has 1 unspecified atom stereocenters. The van der Waals surface area contributed by atoms with E-state index in [1.165, 1.54) is 0 Å². The smallest absolute Gasteiger partial charge is 0.126 e. The Hall–Kier alpha value is -1.22. The van der Waals surface area contributed by atoms with Crippen LogP contribution < -0.4 is 9.47 Å². The predicted octanol–water partition coefficient (Wildman–Crippen LogP) is 1.24. The molecule has 1 atom stereocenters. The Morgan fingerprint density at radius 1 is 1.57 bits per heavy atom. The van der Waals surface area contributed by atoms with Gasteiger partial charge in [0.1, 0.15) is 11.5 Å². The van der Waals surface area contributed by atoms with Gasteiger partial charge < -0.3 is 14.6 Å². The second kappa shape index (κ2) is 3.88. The fourth-order valence-corrected chi connectivity index (χ4v) is 1.75. The lowest BCUT2D eigenvalue weighted by Gasteiger charge is -2.25. The lowest BCUT2D eigenvalue weighted by molar-refractivity contribution is 0.145. The Morgan fingerprint density at radius 2 is 2.43 bits per heavy atom. The first-order valence-electron chi connectivity index (χ1n) is 4.74. The van der Waals surface area contributed by atoms with Crippen LogP contribution in [0.25, 0.3) is 0 Å². The molecular weight excluding hydrogens is 180 g/mol. The minimum Gasteiger partial charge on any atom is -0.496 e. The van der Waals surface area contributed by atoms with Gasteiger partial charge in [0.15, 0.2) is 0 Å². The van der Waals surface area contributed by atoms with Crippen LogP contribution >= 0.6 is 0 Å². The number of hydrogen-bond donors (Lipinski definition) is 1. The number of aliphatic hydroxyl groups excluding tert-OH is 1. The first-order valence-corrected chi connectivity index (χ1v) is 4.74. The second-order valence-electron chi connectivity index (χ2n) is 3.50. The number of benzene rings is 1. The maximum absolute atomic E-state index is 9.06. The maximum atomic E-state index is 9.06. The third-order valence-electron chi connectivity index (χ3n) is 2.54. The third-order valence-corrected chi connectivity index (χ3v) is 2.54. The van der Waals surface area contributed by atoms with Gasteiger partial charge in [-0.05, 0) is 18.6 Å². The molecule has 3 nitrogen and oxygen atoms in total. The van der Waals surface area contributed by atoms with Crippen LogP contribution in [0, 0.1) is 5.92 Å². The highest BCUT2D eigenvalue weighted by atomic mass is 16.5. The molecule has 1 N–H and O–H groups in total. The maximum Gasteiger partial charge on any atom is 0.126 e. The molecule has 0 bridgehead atoms. The number of hydrogen-bond acceptors (Lipinski definition) is 3. The van der Waals surface area contributed by atoms with Gasteiger partial charge in [-0.1, -0.05) is 6.07 Å². The molecule has 1 aromatic carbocycles. The fourth-order valence-electron chi connectivity index (χ4n) is 1.75. The zero-order valence-electron chi connectivity index (χ0n) is 8.19. The minimum absolute atomic E-state index is 0.164. The first-order chi connectivity index (χ1) is 6.85. The summed E-state index contributed by atoms with van der Waals surface area (Å²) < 4.78 is 10.8. The summed E-state index contributed by atoms with van der Waals surface area (Å²) in [5, 5.41) is 9.06. The molecule has 14 heavy (non-hydrogen) atoms. The van der Waals surface area contributed by atoms with Crippen molar-refractivity contribution in [2.75, 3.05) is 20.3 Å². The van der Waals surface area contributed by atoms with E-state index in [9.17, 15) is 0 Å². The van der Waals surface area contributed by atoms with Gasteiger partial charge in [-0.3, -0.25) is 0 Å². The molecule has 0 aliphatic carbocycles.